The molecule has 0 aromatic heterocycles. The fourth-order valence-electron chi connectivity index (χ4n) is 4.13. The standard InChI is InChI=1S/C26H23F3N4O5/c1-13-19(25(36)38-14(2)24(35)37-3)20(16-9-7-15(12-30)8-10-16)21(23(32)34)22(31)33(13)18-6-4-5-17(11-18)26(27,28)29/h4-11,14,20H,31H2,1-3H3,(H2,32,34)/t14-,20?/m0/s1. The topological polar surface area (TPSA) is 149 Å². The Morgan fingerprint density at radius 1 is 1.11 bits per heavy atom. The number of rotatable bonds is 6. The van der Waals surface area contributed by atoms with E-state index in [9.17, 15) is 27.6 Å². The van der Waals surface area contributed by atoms with Crippen LogP contribution in [0.2, 0.25) is 0 Å². The lowest BCUT2D eigenvalue weighted by molar-refractivity contribution is -0.162. The van der Waals surface area contributed by atoms with Crippen LogP contribution in [0.5, 0.6) is 0 Å². The summed E-state index contributed by atoms with van der Waals surface area (Å²) >= 11 is 0. The van der Waals surface area contributed by atoms with Crippen molar-refractivity contribution in [1.29, 1.82) is 5.26 Å². The minimum absolute atomic E-state index is 0.0308. The van der Waals surface area contributed by atoms with Gasteiger partial charge in [-0.15, -0.1) is 0 Å². The molecular weight excluding hydrogens is 505 g/mol. The lowest BCUT2D eigenvalue weighted by Gasteiger charge is -2.37. The van der Waals surface area contributed by atoms with Crippen LogP contribution in [0.25, 0.3) is 0 Å². The summed E-state index contributed by atoms with van der Waals surface area (Å²) in [5.41, 5.74) is 11.1. The zero-order chi connectivity index (χ0) is 28.4. The van der Waals surface area contributed by atoms with Crippen molar-refractivity contribution in [3.05, 3.63) is 87.9 Å². The van der Waals surface area contributed by atoms with Crippen LogP contribution < -0.4 is 16.4 Å². The van der Waals surface area contributed by atoms with Crippen molar-refractivity contribution in [3.8, 4) is 6.07 Å². The Hall–Kier alpha value is -4.79. The van der Waals surface area contributed by atoms with Crippen molar-refractivity contribution in [2.24, 2.45) is 11.5 Å². The van der Waals surface area contributed by atoms with Crippen LogP contribution in [0, 0.1) is 11.3 Å². The number of benzene rings is 2. The van der Waals surface area contributed by atoms with Gasteiger partial charge in [-0.3, -0.25) is 4.79 Å². The molecule has 1 amide bonds. The van der Waals surface area contributed by atoms with E-state index in [2.05, 4.69) is 4.74 Å². The molecule has 2 atom stereocenters. The number of primary amides is 1. The van der Waals surface area contributed by atoms with Gasteiger partial charge in [-0.2, -0.15) is 18.4 Å². The summed E-state index contributed by atoms with van der Waals surface area (Å²) in [7, 11) is 1.10. The first-order valence-electron chi connectivity index (χ1n) is 11.1. The molecule has 1 aliphatic heterocycles. The summed E-state index contributed by atoms with van der Waals surface area (Å²) in [4.78, 5) is 39.2. The summed E-state index contributed by atoms with van der Waals surface area (Å²) in [5, 5.41) is 9.15. The van der Waals surface area contributed by atoms with Crippen LogP contribution in [-0.4, -0.2) is 31.1 Å². The third kappa shape index (κ3) is 5.31. The highest BCUT2D eigenvalue weighted by Gasteiger charge is 2.41. The van der Waals surface area contributed by atoms with E-state index < -0.39 is 41.6 Å². The molecule has 2 aromatic rings. The van der Waals surface area contributed by atoms with Gasteiger partial charge in [-0.05, 0) is 49.7 Å². The van der Waals surface area contributed by atoms with Gasteiger partial charge in [0, 0.05) is 11.4 Å². The molecule has 0 radical (unpaired) electrons. The van der Waals surface area contributed by atoms with Crippen molar-refractivity contribution in [2.45, 2.75) is 32.0 Å². The van der Waals surface area contributed by atoms with Gasteiger partial charge in [-0.25, -0.2) is 9.59 Å². The maximum Gasteiger partial charge on any atom is 0.416 e. The number of halogens is 3. The van der Waals surface area contributed by atoms with Gasteiger partial charge in [0.2, 0.25) is 5.91 Å². The van der Waals surface area contributed by atoms with E-state index in [-0.39, 0.29) is 33.9 Å². The fraction of sp³-hybridized carbons (Fsp3) is 0.231. The number of amides is 1. The van der Waals surface area contributed by atoms with Gasteiger partial charge in [0.25, 0.3) is 0 Å². The maximum absolute atomic E-state index is 13.5. The van der Waals surface area contributed by atoms with E-state index in [0.717, 1.165) is 30.2 Å². The zero-order valence-corrected chi connectivity index (χ0v) is 20.5. The molecule has 0 bridgehead atoms. The molecule has 0 saturated heterocycles. The quantitative estimate of drug-likeness (QED) is 0.543. The van der Waals surface area contributed by atoms with E-state index in [4.69, 9.17) is 21.5 Å². The molecule has 1 aliphatic rings. The van der Waals surface area contributed by atoms with Crippen LogP contribution in [0.4, 0.5) is 18.9 Å². The summed E-state index contributed by atoms with van der Waals surface area (Å²) < 4.78 is 50.2. The largest absolute Gasteiger partial charge is 0.466 e. The molecule has 3 rings (SSSR count). The smallest absolute Gasteiger partial charge is 0.416 e. The lowest BCUT2D eigenvalue weighted by atomic mass is 9.80. The summed E-state index contributed by atoms with van der Waals surface area (Å²) in [6, 6.07) is 11.9. The second kappa shape index (κ2) is 10.7. The van der Waals surface area contributed by atoms with Gasteiger partial charge in [0.15, 0.2) is 6.10 Å². The van der Waals surface area contributed by atoms with Crippen molar-refractivity contribution in [2.75, 3.05) is 12.0 Å². The highest BCUT2D eigenvalue weighted by Crippen LogP contribution is 2.44. The number of ether oxygens (including phenoxy) is 2. The molecule has 1 heterocycles. The third-order valence-corrected chi connectivity index (χ3v) is 5.93. The van der Waals surface area contributed by atoms with Crippen molar-refractivity contribution >= 4 is 23.5 Å². The molecule has 9 nitrogen and oxygen atoms in total. The number of anilines is 1. The minimum Gasteiger partial charge on any atom is -0.466 e. The Kier molecular flexibility index (Phi) is 7.81. The molecular formula is C26H23F3N4O5. The summed E-state index contributed by atoms with van der Waals surface area (Å²) in [6.07, 6.45) is -6.03. The number of alkyl halides is 3. The zero-order valence-electron chi connectivity index (χ0n) is 20.5. The second-order valence-corrected chi connectivity index (χ2v) is 8.28. The average Bonchev–Trinajstić information content (AvgIpc) is 2.87. The molecule has 12 heteroatoms. The van der Waals surface area contributed by atoms with E-state index in [1.807, 2.05) is 6.07 Å². The Balaban J connectivity index is 2.30. The van der Waals surface area contributed by atoms with E-state index in [1.54, 1.807) is 0 Å². The number of hydrogen-bond acceptors (Lipinski definition) is 8. The fourth-order valence-corrected chi connectivity index (χ4v) is 4.13. The highest BCUT2D eigenvalue weighted by molar-refractivity contribution is 6.03. The Morgan fingerprint density at radius 2 is 1.74 bits per heavy atom. The Morgan fingerprint density at radius 3 is 2.26 bits per heavy atom. The Bertz CT molecular complexity index is 1390. The molecule has 0 spiro atoms. The third-order valence-electron chi connectivity index (χ3n) is 5.93. The van der Waals surface area contributed by atoms with E-state index >= 15 is 0 Å². The van der Waals surface area contributed by atoms with E-state index in [1.165, 1.54) is 44.2 Å². The average molecular weight is 528 g/mol. The van der Waals surface area contributed by atoms with Gasteiger partial charge < -0.3 is 25.8 Å². The first-order chi connectivity index (χ1) is 17.8. The number of carbonyl (C=O) groups excluding carboxylic acids is 3. The van der Waals surface area contributed by atoms with Crippen LogP contribution in [0.3, 0.4) is 0 Å². The maximum atomic E-state index is 13.5. The molecule has 198 valence electrons. The number of methoxy groups -OCH3 is 1. The van der Waals surface area contributed by atoms with Gasteiger partial charge >= 0.3 is 18.1 Å². The van der Waals surface area contributed by atoms with Crippen LogP contribution in [0.15, 0.2) is 71.2 Å². The predicted molar refractivity (Wildman–Crippen MR) is 128 cm³/mol. The highest BCUT2D eigenvalue weighted by atomic mass is 19.4. The number of nitriles is 1. The number of nitrogens with zero attached hydrogens (tertiary/aromatic N) is 2. The summed E-state index contributed by atoms with van der Waals surface area (Å²) in [6.45, 7) is 2.67. The van der Waals surface area contributed by atoms with Crippen molar-refractivity contribution < 1.29 is 37.0 Å². The normalized spacial score (nSPS) is 16.6. The monoisotopic (exact) mass is 528 g/mol. The molecule has 1 unspecified atom stereocenters. The van der Waals surface area contributed by atoms with Crippen LogP contribution >= 0.6 is 0 Å². The van der Waals surface area contributed by atoms with Gasteiger partial charge in [0.05, 0.1) is 41.4 Å². The molecule has 0 saturated carbocycles. The van der Waals surface area contributed by atoms with Crippen LogP contribution in [-0.2, 0) is 30.0 Å². The van der Waals surface area contributed by atoms with Crippen molar-refractivity contribution in [1.82, 2.24) is 0 Å². The number of esters is 2. The molecule has 0 fully saturated rings. The Labute approximate surface area is 215 Å². The van der Waals surface area contributed by atoms with Crippen LogP contribution in [0.1, 0.15) is 36.5 Å². The van der Waals surface area contributed by atoms with Gasteiger partial charge in [0.1, 0.15) is 5.82 Å². The minimum atomic E-state index is -4.68. The number of carbonyl (C=O) groups is 3. The van der Waals surface area contributed by atoms with E-state index in [0.29, 0.717) is 5.56 Å². The SMILES string of the molecule is COC(=O)[C@H](C)OC(=O)C1=C(C)N(c2cccc(C(F)(F)F)c2)C(N)=C(C(N)=O)C1c1ccc(C#N)cc1. The summed E-state index contributed by atoms with van der Waals surface area (Å²) in [5.74, 6) is -4.49. The van der Waals surface area contributed by atoms with Gasteiger partial charge in [-0.1, -0.05) is 18.2 Å². The molecule has 2 aromatic carbocycles. The van der Waals surface area contributed by atoms with Crippen molar-refractivity contribution in [3.63, 3.8) is 0 Å². The lowest BCUT2D eigenvalue weighted by Crippen LogP contribution is -2.41. The number of nitrogens with two attached hydrogens (primary N) is 2. The molecule has 4 N–H and O–H groups in total. The first-order valence-corrected chi connectivity index (χ1v) is 11.1. The molecule has 38 heavy (non-hydrogen) atoms. The molecule has 0 aliphatic carbocycles. The first kappa shape index (κ1) is 27.8. The number of hydrogen-bond donors (Lipinski definition) is 2. The second-order valence-electron chi connectivity index (χ2n) is 8.28. The predicted octanol–water partition coefficient (Wildman–Crippen LogP) is 3.22. The number of allylic oxidation sites excluding steroid dienone is 1.